The molecule has 1 amide bonds. The SMILES string of the molecule is O=C(CCCCCCn1cc(-c2ccc3cc(O[C@H]4O[C@H](CO)[C@@H](O)[C@H](O)[C@H]4O)ccc3c2)nn1)NO. The molecule has 1 aliphatic rings. The molecule has 37 heavy (non-hydrogen) atoms. The van der Waals surface area contributed by atoms with E-state index in [1.165, 1.54) is 0 Å². The zero-order valence-corrected chi connectivity index (χ0v) is 20.2. The van der Waals surface area contributed by atoms with Gasteiger partial charge in [0.15, 0.2) is 0 Å². The maximum atomic E-state index is 11.0. The number of fused-ring (bicyclic) bond motifs is 1. The number of hydrogen-bond donors (Lipinski definition) is 6. The van der Waals surface area contributed by atoms with Crippen LogP contribution in [-0.2, 0) is 16.1 Å². The van der Waals surface area contributed by atoms with Crippen molar-refractivity contribution in [1.29, 1.82) is 0 Å². The molecule has 0 radical (unpaired) electrons. The third-order valence-electron chi connectivity index (χ3n) is 6.41. The Morgan fingerprint density at radius 1 is 1.00 bits per heavy atom. The standard InChI is InChI=1S/C25H32N4O8/c30-14-20-22(32)23(33)24(34)25(37-20)36-18-9-8-15-11-17(7-6-16(15)12-18)19-13-29(28-26-19)10-4-2-1-3-5-21(31)27-35/h6-9,11-13,20,22-25,30,32-35H,1-5,10,14H2,(H,27,31)/t20-,22-,23+,24-,25+/m1/s1. The Morgan fingerprint density at radius 2 is 1.76 bits per heavy atom. The fourth-order valence-corrected chi connectivity index (χ4v) is 4.26. The number of unbranched alkanes of at least 4 members (excludes halogenated alkanes) is 3. The molecule has 200 valence electrons. The molecule has 4 rings (SSSR count). The number of aliphatic hydroxyl groups excluding tert-OH is 4. The first kappa shape index (κ1) is 26.9. The van der Waals surface area contributed by atoms with E-state index >= 15 is 0 Å². The molecule has 1 aliphatic heterocycles. The number of carbonyl (C=O) groups is 1. The van der Waals surface area contributed by atoms with E-state index in [1.807, 2.05) is 30.5 Å². The molecule has 12 nitrogen and oxygen atoms in total. The van der Waals surface area contributed by atoms with Crippen LogP contribution in [0.15, 0.2) is 42.6 Å². The summed E-state index contributed by atoms with van der Waals surface area (Å²) in [4.78, 5) is 11.0. The highest BCUT2D eigenvalue weighted by molar-refractivity contribution is 5.87. The van der Waals surface area contributed by atoms with Gasteiger partial charge >= 0.3 is 0 Å². The molecule has 0 spiro atoms. The van der Waals surface area contributed by atoms with Gasteiger partial charge < -0.3 is 29.9 Å². The topological polar surface area (TPSA) is 179 Å². The molecule has 12 heteroatoms. The van der Waals surface area contributed by atoms with Crippen LogP contribution in [0.5, 0.6) is 5.75 Å². The lowest BCUT2D eigenvalue weighted by Crippen LogP contribution is -2.60. The molecule has 2 aromatic carbocycles. The first-order valence-electron chi connectivity index (χ1n) is 12.2. The second kappa shape index (κ2) is 12.4. The van der Waals surface area contributed by atoms with Gasteiger partial charge in [-0.3, -0.25) is 14.7 Å². The maximum Gasteiger partial charge on any atom is 0.243 e. The van der Waals surface area contributed by atoms with Crippen LogP contribution >= 0.6 is 0 Å². The zero-order chi connectivity index (χ0) is 26.4. The van der Waals surface area contributed by atoms with E-state index in [0.717, 1.165) is 47.7 Å². The predicted octanol–water partition coefficient (Wildman–Crippen LogP) is 0.733. The van der Waals surface area contributed by atoms with Gasteiger partial charge in [-0.15, -0.1) is 5.10 Å². The lowest BCUT2D eigenvalue weighted by Gasteiger charge is -2.39. The maximum absolute atomic E-state index is 11.0. The Hall–Kier alpha value is -3.13. The summed E-state index contributed by atoms with van der Waals surface area (Å²) in [6.45, 7) is 0.187. The van der Waals surface area contributed by atoms with Crippen molar-refractivity contribution in [3.8, 4) is 17.0 Å². The summed E-state index contributed by atoms with van der Waals surface area (Å²) >= 11 is 0. The second-order valence-electron chi connectivity index (χ2n) is 9.10. The van der Waals surface area contributed by atoms with Crippen molar-refractivity contribution in [3.63, 3.8) is 0 Å². The van der Waals surface area contributed by atoms with Crippen molar-refractivity contribution in [2.45, 2.75) is 69.4 Å². The largest absolute Gasteiger partial charge is 0.462 e. The highest BCUT2D eigenvalue weighted by Gasteiger charge is 2.44. The smallest absolute Gasteiger partial charge is 0.243 e. The molecule has 0 unspecified atom stereocenters. The van der Waals surface area contributed by atoms with Gasteiger partial charge in [-0.2, -0.15) is 0 Å². The van der Waals surface area contributed by atoms with Gasteiger partial charge in [0, 0.05) is 18.5 Å². The van der Waals surface area contributed by atoms with Gasteiger partial charge in [-0.05, 0) is 41.8 Å². The van der Waals surface area contributed by atoms with Crippen molar-refractivity contribution in [1.82, 2.24) is 20.5 Å². The van der Waals surface area contributed by atoms with Crippen molar-refractivity contribution in [2.24, 2.45) is 0 Å². The minimum absolute atomic E-state index is 0.313. The molecule has 1 saturated heterocycles. The first-order chi connectivity index (χ1) is 17.9. The van der Waals surface area contributed by atoms with Gasteiger partial charge in [0.2, 0.25) is 12.2 Å². The highest BCUT2D eigenvalue weighted by atomic mass is 16.7. The van der Waals surface area contributed by atoms with Crippen molar-refractivity contribution in [2.75, 3.05) is 6.61 Å². The number of aryl methyl sites for hydroxylation is 1. The van der Waals surface area contributed by atoms with Gasteiger partial charge in [-0.25, -0.2) is 5.48 Å². The molecule has 2 heterocycles. The van der Waals surface area contributed by atoms with Crippen LogP contribution in [0.4, 0.5) is 0 Å². The monoisotopic (exact) mass is 516 g/mol. The van der Waals surface area contributed by atoms with E-state index in [9.17, 15) is 25.2 Å². The van der Waals surface area contributed by atoms with Crippen LogP contribution in [0, 0.1) is 0 Å². The van der Waals surface area contributed by atoms with Gasteiger partial charge in [0.1, 0.15) is 35.9 Å². The summed E-state index contributed by atoms with van der Waals surface area (Å²) in [5, 5.41) is 58.2. The van der Waals surface area contributed by atoms with Gasteiger partial charge in [-0.1, -0.05) is 36.3 Å². The van der Waals surface area contributed by atoms with Crippen LogP contribution in [0.2, 0.25) is 0 Å². The second-order valence-corrected chi connectivity index (χ2v) is 9.10. The summed E-state index contributed by atoms with van der Waals surface area (Å²) in [6.07, 6.45) is -1.07. The third kappa shape index (κ3) is 6.60. The van der Waals surface area contributed by atoms with Crippen molar-refractivity contribution < 1.29 is 39.9 Å². The van der Waals surface area contributed by atoms with Gasteiger partial charge in [0.05, 0.1) is 12.8 Å². The van der Waals surface area contributed by atoms with Crippen LogP contribution in [0.25, 0.3) is 22.0 Å². The predicted molar refractivity (Wildman–Crippen MR) is 130 cm³/mol. The zero-order valence-electron chi connectivity index (χ0n) is 20.2. The molecule has 0 aliphatic carbocycles. The van der Waals surface area contributed by atoms with E-state index in [4.69, 9.17) is 14.7 Å². The van der Waals surface area contributed by atoms with Crippen molar-refractivity contribution >= 4 is 16.7 Å². The summed E-state index contributed by atoms with van der Waals surface area (Å²) in [5.41, 5.74) is 3.27. The molecule has 6 N–H and O–H groups in total. The Balaban J connectivity index is 1.35. The number of benzene rings is 2. The van der Waals surface area contributed by atoms with Crippen LogP contribution in [0.1, 0.15) is 32.1 Å². The average molecular weight is 517 g/mol. The number of rotatable bonds is 11. The molecule has 0 saturated carbocycles. The number of ether oxygens (including phenoxy) is 2. The van der Waals surface area contributed by atoms with Crippen LogP contribution < -0.4 is 10.2 Å². The average Bonchev–Trinajstić information content (AvgIpc) is 3.39. The molecule has 1 aromatic heterocycles. The van der Waals surface area contributed by atoms with Crippen molar-refractivity contribution in [3.05, 3.63) is 42.6 Å². The minimum Gasteiger partial charge on any atom is -0.462 e. The highest BCUT2D eigenvalue weighted by Crippen LogP contribution is 2.29. The number of nitrogens with one attached hydrogen (secondary N) is 1. The normalized spacial score (nSPS) is 23.8. The lowest BCUT2D eigenvalue weighted by atomic mass is 9.99. The number of amides is 1. The fourth-order valence-electron chi connectivity index (χ4n) is 4.26. The van der Waals surface area contributed by atoms with E-state index in [-0.39, 0.29) is 5.91 Å². The number of hydroxylamine groups is 1. The van der Waals surface area contributed by atoms with E-state index in [2.05, 4.69) is 10.3 Å². The summed E-state index contributed by atoms with van der Waals surface area (Å²) in [5.74, 6) is 0.0290. The van der Waals surface area contributed by atoms with Crippen LogP contribution in [0.3, 0.4) is 0 Å². The molecule has 0 bridgehead atoms. The summed E-state index contributed by atoms with van der Waals surface area (Å²) in [6, 6.07) is 11.1. The quantitative estimate of drug-likeness (QED) is 0.121. The summed E-state index contributed by atoms with van der Waals surface area (Å²) < 4.78 is 12.9. The Morgan fingerprint density at radius 3 is 2.54 bits per heavy atom. The number of hydrogen-bond acceptors (Lipinski definition) is 10. The Kier molecular flexibility index (Phi) is 9.03. The lowest BCUT2D eigenvalue weighted by molar-refractivity contribution is -0.277. The Bertz CT molecular complexity index is 1190. The van der Waals surface area contributed by atoms with Crippen LogP contribution in [-0.4, -0.2) is 83.8 Å². The number of nitrogens with zero attached hydrogens (tertiary/aromatic N) is 3. The molecule has 5 atom stereocenters. The first-order valence-corrected chi connectivity index (χ1v) is 12.2. The molecule has 1 fully saturated rings. The summed E-state index contributed by atoms with van der Waals surface area (Å²) in [7, 11) is 0. The van der Waals surface area contributed by atoms with E-state index in [1.54, 1.807) is 22.3 Å². The fraction of sp³-hybridized carbons (Fsp3) is 0.480. The third-order valence-corrected chi connectivity index (χ3v) is 6.41. The number of carbonyl (C=O) groups excluding carboxylic acids is 1. The Labute approximate surface area is 213 Å². The molecular formula is C25H32N4O8. The minimum atomic E-state index is -1.51. The molecule has 3 aromatic rings. The van der Waals surface area contributed by atoms with E-state index < -0.39 is 37.3 Å². The number of aliphatic hydroxyl groups is 4. The molecular weight excluding hydrogens is 484 g/mol. The van der Waals surface area contributed by atoms with Gasteiger partial charge in [0.25, 0.3) is 0 Å². The number of aromatic nitrogens is 3. The van der Waals surface area contributed by atoms with E-state index in [0.29, 0.717) is 18.7 Å².